The fourth-order valence-electron chi connectivity index (χ4n) is 2.80. The first-order valence-electron chi connectivity index (χ1n) is 8.08. The number of halogens is 1. The monoisotopic (exact) mass is 394 g/mol. The summed E-state index contributed by atoms with van der Waals surface area (Å²) >= 11 is 5.96. The lowest BCUT2D eigenvalue weighted by Crippen LogP contribution is -2.33. The lowest BCUT2D eigenvalue weighted by atomic mass is 10.2. The zero-order chi connectivity index (χ0) is 18.9. The third-order valence-corrected chi connectivity index (χ3v) is 6.42. The molecule has 1 saturated heterocycles. The Bertz CT molecular complexity index is 932. The van der Waals surface area contributed by atoms with E-state index in [0.717, 1.165) is 5.56 Å². The van der Waals surface area contributed by atoms with E-state index in [9.17, 15) is 13.2 Å². The number of carbonyl (C=O) groups excluding carboxylic acids is 1. The molecular formula is C17H19ClN4O3S. The van der Waals surface area contributed by atoms with Crippen molar-refractivity contribution in [3.05, 3.63) is 46.9 Å². The zero-order valence-electron chi connectivity index (χ0n) is 14.4. The first-order chi connectivity index (χ1) is 12.2. The normalized spacial score (nSPS) is 18.5. The second kappa shape index (κ2) is 7.20. The molecule has 26 heavy (non-hydrogen) atoms. The van der Waals surface area contributed by atoms with Gasteiger partial charge in [0.2, 0.25) is 0 Å². The summed E-state index contributed by atoms with van der Waals surface area (Å²) < 4.78 is 23.2. The number of nitrogens with one attached hydrogen (secondary N) is 1. The SMILES string of the molecule is Cc1ccc(Cl)cc1NC(=O)c1cnc(N(C)C2CCS(=O)(=O)C2)cn1. The second-order valence-electron chi connectivity index (χ2n) is 6.34. The summed E-state index contributed by atoms with van der Waals surface area (Å²) in [6.45, 7) is 1.87. The van der Waals surface area contributed by atoms with Crippen LogP contribution in [0.2, 0.25) is 5.02 Å². The smallest absolute Gasteiger partial charge is 0.275 e. The second-order valence-corrected chi connectivity index (χ2v) is 9.01. The van der Waals surface area contributed by atoms with E-state index in [1.54, 1.807) is 24.1 Å². The molecule has 0 spiro atoms. The van der Waals surface area contributed by atoms with Gasteiger partial charge in [-0.05, 0) is 31.0 Å². The van der Waals surface area contributed by atoms with E-state index in [4.69, 9.17) is 11.6 Å². The molecule has 1 aliphatic rings. The molecule has 3 rings (SSSR count). The van der Waals surface area contributed by atoms with Crippen LogP contribution in [0, 0.1) is 6.92 Å². The Kier molecular flexibility index (Phi) is 5.15. The number of aromatic nitrogens is 2. The van der Waals surface area contributed by atoms with Crippen molar-refractivity contribution in [2.45, 2.75) is 19.4 Å². The summed E-state index contributed by atoms with van der Waals surface area (Å²) in [7, 11) is -1.19. The fraction of sp³-hybridized carbons (Fsp3) is 0.353. The van der Waals surface area contributed by atoms with Crippen molar-refractivity contribution < 1.29 is 13.2 Å². The Morgan fingerprint density at radius 2 is 2.08 bits per heavy atom. The molecule has 138 valence electrons. The predicted molar refractivity (Wildman–Crippen MR) is 102 cm³/mol. The van der Waals surface area contributed by atoms with Crippen LogP contribution in [0.4, 0.5) is 11.5 Å². The zero-order valence-corrected chi connectivity index (χ0v) is 16.0. The Morgan fingerprint density at radius 1 is 1.31 bits per heavy atom. The maximum atomic E-state index is 12.4. The molecule has 9 heteroatoms. The summed E-state index contributed by atoms with van der Waals surface area (Å²) in [6.07, 6.45) is 3.42. The van der Waals surface area contributed by atoms with Crippen molar-refractivity contribution in [1.29, 1.82) is 0 Å². The Balaban J connectivity index is 1.71. The van der Waals surface area contributed by atoms with Gasteiger partial charge in [0, 0.05) is 23.8 Å². The van der Waals surface area contributed by atoms with E-state index < -0.39 is 9.84 Å². The molecule has 1 unspecified atom stereocenters. The van der Waals surface area contributed by atoms with Crippen LogP contribution in [-0.2, 0) is 9.84 Å². The number of rotatable bonds is 4. The molecule has 1 amide bonds. The third-order valence-electron chi connectivity index (χ3n) is 4.44. The maximum absolute atomic E-state index is 12.4. The average molecular weight is 395 g/mol. The van der Waals surface area contributed by atoms with Gasteiger partial charge in [0.15, 0.2) is 9.84 Å². The molecule has 1 N–H and O–H groups in total. The highest BCUT2D eigenvalue weighted by Crippen LogP contribution is 2.22. The number of aryl methyl sites for hydroxylation is 1. The number of carbonyl (C=O) groups is 1. The number of anilines is 2. The number of hydrogen-bond acceptors (Lipinski definition) is 6. The van der Waals surface area contributed by atoms with Crippen molar-refractivity contribution in [2.75, 3.05) is 28.8 Å². The van der Waals surface area contributed by atoms with Crippen molar-refractivity contribution >= 4 is 38.9 Å². The van der Waals surface area contributed by atoms with Gasteiger partial charge in [0.25, 0.3) is 5.91 Å². The summed E-state index contributed by atoms with van der Waals surface area (Å²) in [5.41, 5.74) is 1.66. The Morgan fingerprint density at radius 3 is 2.69 bits per heavy atom. The van der Waals surface area contributed by atoms with Gasteiger partial charge in [0.1, 0.15) is 11.5 Å². The fourth-order valence-corrected chi connectivity index (χ4v) is 4.75. The van der Waals surface area contributed by atoms with Crippen LogP contribution < -0.4 is 10.2 Å². The molecule has 1 fully saturated rings. The van der Waals surface area contributed by atoms with Gasteiger partial charge >= 0.3 is 0 Å². The van der Waals surface area contributed by atoms with E-state index in [2.05, 4.69) is 15.3 Å². The molecule has 0 radical (unpaired) electrons. The van der Waals surface area contributed by atoms with Crippen molar-refractivity contribution in [2.24, 2.45) is 0 Å². The third kappa shape index (κ3) is 4.13. The first-order valence-corrected chi connectivity index (χ1v) is 10.3. The summed E-state index contributed by atoms with van der Waals surface area (Å²) in [5.74, 6) is 0.444. The number of amides is 1. The highest BCUT2D eigenvalue weighted by molar-refractivity contribution is 7.91. The van der Waals surface area contributed by atoms with Crippen LogP contribution in [0.15, 0.2) is 30.6 Å². The molecule has 1 aromatic carbocycles. The standard InChI is InChI=1S/C17H19ClN4O3S/c1-11-3-4-12(18)7-14(11)21-17(23)15-8-20-16(9-19-15)22(2)13-5-6-26(24,25)10-13/h3-4,7-9,13H,5-6,10H2,1-2H3,(H,21,23). The lowest BCUT2D eigenvalue weighted by Gasteiger charge is -2.24. The van der Waals surface area contributed by atoms with Crippen LogP contribution in [0.3, 0.4) is 0 Å². The van der Waals surface area contributed by atoms with Crippen LogP contribution in [-0.4, -0.2) is 48.9 Å². The molecule has 1 aliphatic heterocycles. The summed E-state index contributed by atoms with van der Waals surface area (Å²) in [4.78, 5) is 22.6. The molecule has 7 nitrogen and oxygen atoms in total. The highest BCUT2D eigenvalue weighted by atomic mass is 35.5. The molecule has 2 heterocycles. The number of benzene rings is 1. The van der Waals surface area contributed by atoms with Crippen LogP contribution in [0.5, 0.6) is 0 Å². The molecule has 0 aliphatic carbocycles. The topological polar surface area (TPSA) is 92.3 Å². The van der Waals surface area contributed by atoms with E-state index in [1.807, 2.05) is 13.0 Å². The van der Waals surface area contributed by atoms with Crippen LogP contribution >= 0.6 is 11.6 Å². The van der Waals surface area contributed by atoms with E-state index in [0.29, 0.717) is 22.9 Å². The number of sulfone groups is 1. The number of hydrogen-bond donors (Lipinski definition) is 1. The Labute approximate surface area is 157 Å². The van der Waals surface area contributed by atoms with Gasteiger partial charge in [-0.15, -0.1) is 0 Å². The largest absolute Gasteiger partial charge is 0.354 e. The van der Waals surface area contributed by atoms with Gasteiger partial charge in [-0.3, -0.25) is 4.79 Å². The van der Waals surface area contributed by atoms with Crippen molar-refractivity contribution in [3.8, 4) is 0 Å². The Hall–Kier alpha value is -2.19. The summed E-state index contributed by atoms with van der Waals surface area (Å²) in [6, 6.07) is 5.12. The molecular weight excluding hydrogens is 376 g/mol. The van der Waals surface area contributed by atoms with E-state index in [1.165, 1.54) is 12.4 Å². The van der Waals surface area contributed by atoms with Crippen molar-refractivity contribution in [1.82, 2.24) is 9.97 Å². The molecule has 1 aromatic heterocycles. The van der Waals surface area contributed by atoms with Crippen molar-refractivity contribution in [3.63, 3.8) is 0 Å². The summed E-state index contributed by atoms with van der Waals surface area (Å²) in [5, 5.41) is 3.29. The lowest BCUT2D eigenvalue weighted by molar-refractivity contribution is 0.102. The van der Waals surface area contributed by atoms with Gasteiger partial charge in [0.05, 0.1) is 23.9 Å². The number of nitrogens with zero attached hydrogens (tertiary/aromatic N) is 3. The molecule has 1 atom stereocenters. The maximum Gasteiger partial charge on any atom is 0.275 e. The average Bonchev–Trinajstić information content (AvgIpc) is 2.97. The minimum Gasteiger partial charge on any atom is -0.354 e. The minimum absolute atomic E-state index is 0.113. The van der Waals surface area contributed by atoms with Gasteiger partial charge in [-0.25, -0.2) is 18.4 Å². The van der Waals surface area contributed by atoms with Gasteiger partial charge in [-0.1, -0.05) is 17.7 Å². The molecule has 0 saturated carbocycles. The van der Waals surface area contributed by atoms with E-state index >= 15 is 0 Å². The first kappa shape index (κ1) is 18.6. The predicted octanol–water partition coefficient (Wildman–Crippen LogP) is 2.31. The van der Waals surface area contributed by atoms with E-state index in [-0.39, 0.29) is 29.1 Å². The van der Waals surface area contributed by atoms with Gasteiger partial charge in [-0.2, -0.15) is 0 Å². The van der Waals surface area contributed by atoms with Gasteiger partial charge < -0.3 is 10.2 Å². The quantitative estimate of drug-likeness (QED) is 0.855. The molecule has 0 bridgehead atoms. The van der Waals surface area contributed by atoms with Crippen LogP contribution in [0.25, 0.3) is 0 Å². The molecule has 2 aromatic rings. The van der Waals surface area contributed by atoms with Crippen LogP contribution in [0.1, 0.15) is 22.5 Å². The highest BCUT2D eigenvalue weighted by Gasteiger charge is 2.31. The minimum atomic E-state index is -2.98.